The van der Waals surface area contributed by atoms with E-state index in [-0.39, 0.29) is 11.7 Å². The summed E-state index contributed by atoms with van der Waals surface area (Å²) in [5, 5.41) is 25.0. The highest BCUT2D eigenvalue weighted by atomic mass is 16.4. The molecule has 1 saturated heterocycles. The predicted molar refractivity (Wildman–Crippen MR) is 114 cm³/mol. The molecule has 10 heteroatoms. The van der Waals surface area contributed by atoms with Gasteiger partial charge >= 0.3 is 6.09 Å². The van der Waals surface area contributed by atoms with E-state index in [0.717, 1.165) is 24.1 Å². The quantitative estimate of drug-likeness (QED) is 0.572. The van der Waals surface area contributed by atoms with Crippen molar-refractivity contribution in [2.45, 2.75) is 18.9 Å². The number of nitrogens with one attached hydrogen (secondary N) is 2. The highest BCUT2D eigenvalue weighted by Gasteiger charge is 2.23. The zero-order valence-corrected chi connectivity index (χ0v) is 16.6. The van der Waals surface area contributed by atoms with Crippen molar-refractivity contribution < 1.29 is 9.90 Å². The SMILES string of the molecule is N#Cc1ncc(N[C@H]2CCCN(C(=O)O)C2)nc1Nc1ccc(-c2ncccn2)cc1. The molecule has 0 saturated carbocycles. The summed E-state index contributed by atoms with van der Waals surface area (Å²) in [6.45, 7) is 0.909. The van der Waals surface area contributed by atoms with Gasteiger partial charge < -0.3 is 20.6 Å². The van der Waals surface area contributed by atoms with E-state index >= 15 is 0 Å². The molecule has 1 atom stereocenters. The molecule has 1 amide bonds. The van der Waals surface area contributed by atoms with Gasteiger partial charge in [0.25, 0.3) is 0 Å². The normalized spacial score (nSPS) is 15.7. The summed E-state index contributed by atoms with van der Waals surface area (Å²) < 4.78 is 0. The molecule has 31 heavy (non-hydrogen) atoms. The molecule has 1 fully saturated rings. The summed E-state index contributed by atoms with van der Waals surface area (Å²) in [6, 6.07) is 11.2. The second-order valence-electron chi connectivity index (χ2n) is 7.05. The fraction of sp³-hybridized carbons (Fsp3) is 0.238. The summed E-state index contributed by atoms with van der Waals surface area (Å²) in [4.78, 5) is 29.7. The van der Waals surface area contributed by atoms with Gasteiger partial charge in [0.2, 0.25) is 0 Å². The number of rotatable bonds is 5. The largest absolute Gasteiger partial charge is 0.465 e. The van der Waals surface area contributed by atoms with Gasteiger partial charge in [-0.25, -0.2) is 24.7 Å². The van der Waals surface area contributed by atoms with E-state index in [4.69, 9.17) is 0 Å². The monoisotopic (exact) mass is 416 g/mol. The van der Waals surface area contributed by atoms with E-state index in [1.165, 1.54) is 11.1 Å². The Balaban J connectivity index is 1.49. The van der Waals surface area contributed by atoms with Crippen LogP contribution in [-0.2, 0) is 0 Å². The maximum atomic E-state index is 11.2. The van der Waals surface area contributed by atoms with Gasteiger partial charge in [0, 0.05) is 42.8 Å². The molecule has 0 aliphatic carbocycles. The highest BCUT2D eigenvalue weighted by molar-refractivity contribution is 5.66. The minimum atomic E-state index is -0.927. The Labute approximate surface area is 178 Å². The van der Waals surface area contributed by atoms with Gasteiger partial charge in [-0.15, -0.1) is 0 Å². The van der Waals surface area contributed by atoms with Crippen LogP contribution in [0.1, 0.15) is 18.5 Å². The molecule has 10 nitrogen and oxygen atoms in total. The van der Waals surface area contributed by atoms with E-state index in [9.17, 15) is 15.2 Å². The van der Waals surface area contributed by atoms with Gasteiger partial charge in [-0.2, -0.15) is 5.26 Å². The molecule has 3 N–H and O–H groups in total. The number of nitrogens with zero attached hydrogens (tertiary/aromatic N) is 6. The topological polar surface area (TPSA) is 140 Å². The predicted octanol–water partition coefficient (Wildman–Crippen LogP) is 3.10. The van der Waals surface area contributed by atoms with Crippen molar-refractivity contribution in [2.24, 2.45) is 0 Å². The third-order valence-electron chi connectivity index (χ3n) is 4.89. The van der Waals surface area contributed by atoms with Crippen molar-refractivity contribution in [1.29, 1.82) is 5.26 Å². The van der Waals surface area contributed by atoms with Crippen molar-refractivity contribution >= 4 is 23.4 Å². The molecule has 1 aliphatic heterocycles. The van der Waals surface area contributed by atoms with Crippen molar-refractivity contribution in [3.63, 3.8) is 0 Å². The first-order valence-electron chi connectivity index (χ1n) is 9.78. The van der Waals surface area contributed by atoms with Crippen LogP contribution in [0.15, 0.2) is 48.9 Å². The zero-order chi connectivity index (χ0) is 21.6. The standard InChI is InChI=1S/C21H20N8O2/c22-11-17-20(27-15-6-4-14(5-7-15)19-23-8-2-9-24-19)28-18(12-25-17)26-16-3-1-10-29(13-16)21(30)31/h2,4-9,12,16H,1,3,10,13H2,(H,30,31)(H2,26,27,28)/t16-/m0/s1. The minimum absolute atomic E-state index is 0.0647. The third kappa shape index (κ3) is 4.84. The molecular weight excluding hydrogens is 396 g/mol. The molecule has 1 aliphatic rings. The van der Waals surface area contributed by atoms with Gasteiger partial charge in [0.05, 0.1) is 6.20 Å². The number of piperidine rings is 1. The Kier molecular flexibility index (Phi) is 5.84. The summed E-state index contributed by atoms with van der Waals surface area (Å²) in [5.41, 5.74) is 1.77. The number of anilines is 3. The Bertz CT molecular complexity index is 1100. The fourth-order valence-corrected chi connectivity index (χ4v) is 3.39. The first-order chi connectivity index (χ1) is 15.1. The van der Waals surface area contributed by atoms with Crippen LogP contribution in [0.3, 0.4) is 0 Å². The van der Waals surface area contributed by atoms with Crippen molar-refractivity contribution in [1.82, 2.24) is 24.8 Å². The Morgan fingerprint density at radius 2 is 1.97 bits per heavy atom. The number of aromatic nitrogens is 4. The average molecular weight is 416 g/mol. The van der Waals surface area contributed by atoms with Crippen LogP contribution in [0.25, 0.3) is 11.4 Å². The summed E-state index contributed by atoms with van der Waals surface area (Å²) in [6.07, 6.45) is 5.53. The first kappa shape index (κ1) is 20.0. The van der Waals surface area contributed by atoms with Crippen molar-refractivity contribution in [3.05, 3.63) is 54.6 Å². The second-order valence-corrected chi connectivity index (χ2v) is 7.05. The van der Waals surface area contributed by atoms with Crippen molar-refractivity contribution in [3.8, 4) is 17.5 Å². The number of amides is 1. The minimum Gasteiger partial charge on any atom is -0.465 e. The number of hydrogen-bond acceptors (Lipinski definition) is 8. The molecule has 0 bridgehead atoms. The van der Waals surface area contributed by atoms with Gasteiger partial charge in [0.15, 0.2) is 17.3 Å². The number of carbonyl (C=O) groups is 1. The van der Waals surface area contributed by atoms with Crippen LogP contribution in [0.5, 0.6) is 0 Å². The lowest BCUT2D eigenvalue weighted by Crippen LogP contribution is -2.44. The molecule has 2 aromatic heterocycles. The van der Waals surface area contributed by atoms with E-state index in [1.807, 2.05) is 30.3 Å². The summed E-state index contributed by atoms with van der Waals surface area (Å²) in [5.74, 6) is 1.43. The highest BCUT2D eigenvalue weighted by Crippen LogP contribution is 2.23. The maximum Gasteiger partial charge on any atom is 0.407 e. The van der Waals surface area contributed by atoms with E-state index in [0.29, 0.717) is 30.5 Å². The van der Waals surface area contributed by atoms with Gasteiger partial charge in [-0.1, -0.05) is 0 Å². The van der Waals surface area contributed by atoms with Crippen LogP contribution in [0.2, 0.25) is 0 Å². The van der Waals surface area contributed by atoms with Crippen molar-refractivity contribution in [2.75, 3.05) is 23.7 Å². The van der Waals surface area contributed by atoms with Crippen LogP contribution in [-0.4, -0.2) is 55.2 Å². The summed E-state index contributed by atoms with van der Waals surface area (Å²) >= 11 is 0. The number of hydrogen-bond donors (Lipinski definition) is 3. The molecule has 156 valence electrons. The van der Waals surface area contributed by atoms with Crippen LogP contribution in [0, 0.1) is 11.3 Å². The zero-order valence-electron chi connectivity index (χ0n) is 16.6. The Morgan fingerprint density at radius 3 is 2.68 bits per heavy atom. The van der Waals surface area contributed by atoms with E-state index in [1.54, 1.807) is 18.5 Å². The molecule has 4 rings (SSSR count). The van der Waals surface area contributed by atoms with Gasteiger partial charge in [-0.3, -0.25) is 0 Å². The lowest BCUT2D eigenvalue weighted by atomic mass is 10.1. The second kappa shape index (κ2) is 9.04. The van der Waals surface area contributed by atoms with E-state index < -0.39 is 6.09 Å². The molecule has 3 heterocycles. The molecule has 1 aromatic carbocycles. The lowest BCUT2D eigenvalue weighted by molar-refractivity contribution is 0.133. The number of nitriles is 1. The van der Waals surface area contributed by atoms with Crippen LogP contribution < -0.4 is 10.6 Å². The van der Waals surface area contributed by atoms with Crippen LogP contribution >= 0.6 is 0 Å². The number of likely N-dealkylation sites (tertiary alicyclic amines) is 1. The fourth-order valence-electron chi connectivity index (χ4n) is 3.39. The molecule has 3 aromatic rings. The Morgan fingerprint density at radius 1 is 1.19 bits per heavy atom. The smallest absolute Gasteiger partial charge is 0.407 e. The molecule has 0 radical (unpaired) electrons. The number of benzene rings is 1. The van der Waals surface area contributed by atoms with Crippen LogP contribution in [0.4, 0.5) is 22.1 Å². The molecular formula is C21H20N8O2. The molecule has 0 unspecified atom stereocenters. The average Bonchev–Trinajstić information content (AvgIpc) is 2.80. The van der Waals surface area contributed by atoms with Gasteiger partial charge in [0.1, 0.15) is 11.9 Å². The third-order valence-corrected chi connectivity index (χ3v) is 4.89. The summed E-state index contributed by atoms with van der Waals surface area (Å²) in [7, 11) is 0. The van der Waals surface area contributed by atoms with E-state index in [2.05, 4.69) is 30.6 Å². The lowest BCUT2D eigenvalue weighted by Gasteiger charge is -2.31. The number of carboxylic acid groups (broad SMARTS) is 1. The first-order valence-corrected chi connectivity index (χ1v) is 9.78. The Hall–Kier alpha value is -4.26. The van der Waals surface area contributed by atoms with Gasteiger partial charge in [-0.05, 0) is 43.2 Å². The molecule has 0 spiro atoms. The maximum absolute atomic E-state index is 11.2.